The minimum atomic E-state index is -0.726. The molecule has 3 aromatic rings. The zero-order chi connectivity index (χ0) is 22.0. The number of benzene rings is 1. The van der Waals surface area contributed by atoms with Gasteiger partial charge in [-0.3, -0.25) is 14.4 Å². The lowest BCUT2D eigenvalue weighted by molar-refractivity contribution is 0.0727. The third-order valence-corrected chi connectivity index (χ3v) is 5.59. The van der Waals surface area contributed by atoms with Crippen LogP contribution in [0, 0.1) is 6.92 Å². The van der Waals surface area contributed by atoms with Crippen molar-refractivity contribution in [3.63, 3.8) is 0 Å². The van der Waals surface area contributed by atoms with Crippen LogP contribution in [0.4, 0.5) is 0 Å². The van der Waals surface area contributed by atoms with Crippen LogP contribution in [0.15, 0.2) is 59.5 Å². The number of hydrogen-bond acceptors (Lipinski definition) is 4. The van der Waals surface area contributed by atoms with Gasteiger partial charge < -0.3 is 15.2 Å². The largest absolute Gasteiger partial charge is 0.365 e. The predicted molar refractivity (Wildman–Crippen MR) is 117 cm³/mol. The molecular formula is C24H24N4O3. The Morgan fingerprint density at radius 1 is 1.10 bits per heavy atom. The molecule has 1 aromatic carbocycles. The van der Waals surface area contributed by atoms with Gasteiger partial charge in [0.15, 0.2) is 0 Å². The van der Waals surface area contributed by atoms with Crippen LogP contribution in [0.5, 0.6) is 0 Å². The number of rotatable bonds is 5. The monoisotopic (exact) mass is 416 g/mol. The van der Waals surface area contributed by atoms with Crippen LogP contribution in [0.25, 0.3) is 0 Å². The van der Waals surface area contributed by atoms with Gasteiger partial charge in [-0.25, -0.2) is 4.98 Å². The number of primary amides is 1. The van der Waals surface area contributed by atoms with Crippen molar-refractivity contribution in [2.45, 2.75) is 32.9 Å². The summed E-state index contributed by atoms with van der Waals surface area (Å²) in [5.41, 5.74) is 8.90. The molecule has 2 N–H and O–H groups in total. The molecule has 0 saturated carbocycles. The first-order valence-electron chi connectivity index (χ1n) is 10.3. The number of pyridine rings is 2. The molecule has 1 aliphatic heterocycles. The molecule has 0 bridgehead atoms. The zero-order valence-corrected chi connectivity index (χ0v) is 17.4. The van der Waals surface area contributed by atoms with Gasteiger partial charge in [0, 0.05) is 31.5 Å². The van der Waals surface area contributed by atoms with Gasteiger partial charge in [-0.05, 0) is 48.6 Å². The van der Waals surface area contributed by atoms with E-state index in [4.69, 9.17) is 5.73 Å². The number of amides is 2. The van der Waals surface area contributed by atoms with Crippen LogP contribution in [0.1, 0.15) is 43.2 Å². The molecule has 0 saturated heterocycles. The lowest BCUT2D eigenvalue weighted by atomic mass is 9.95. The fourth-order valence-electron chi connectivity index (χ4n) is 4.02. The van der Waals surface area contributed by atoms with E-state index in [2.05, 4.69) is 4.98 Å². The molecule has 2 aromatic heterocycles. The summed E-state index contributed by atoms with van der Waals surface area (Å²) in [5, 5.41) is 0. The number of fused-ring (bicyclic) bond motifs is 1. The number of aryl methyl sites for hydroxylation is 3. The smallest absolute Gasteiger partial charge is 0.272 e. The summed E-state index contributed by atoms with van der Waals surface area (Å²) in [6.07, 6.45) is 2.81. The van der Waals surface area contributed by atoms with Crippen LogP contribution < -0.4 is 11.3 Å². The Morgan fingerprint density at radius 3 is 2.58 bits per heavy atom. The Bertz CT molecular complexity index is 1200. The lowest BCUT2D eigenvalue weighted by Crippen LogP contribution is -2.41. The van der Waals surface area contributed by atoms with E-state index < -0.39 is 5.91 Å². The average Bonchev–Trinajstić information content (AvgIpc) is 2.77. The second-order valence-corrected chi connectivity index (χ2v) is 7.75. The first kappa shape index (κ1) is 20.5. The fourth-order valence-corrected chi connectivity index (χ4v) is 4.02. The number of carbonyl (C=O) groups is 2. The van der Waals surface area contributed by atoms with E-state index in [0.717, 1.165) is 16.8 Å². The topological polar surface area (TPSA) is 98.3 Å². The van der Waals surface area contributed by atoms with Crippen molar-refractivity contribution in [3.8, 4) is 0 Å². The fraction of sp³-hybridized carbons (Fsp3) is 0.250. The molecule has 7 nitrogen and oxygen atoms in total. The third-order valence-electron chi connectivity index (χ3n) is 5.59. The maximum atomic E-state index is 12.9. The molecule has 31 heavy (non-hydrogen) atoms. The van der Waals surface area contributed by atoms with E-state index in [1.807, 2.05) is 43.3 Å². The summed E-state index contributed by atoms with van der Waals surface area (Å²) >= 11 is 0. The first-order valence-corrected chi connectivity index (χ1v) is 10.3. The Hall–Kier alpha value is -3.74. The van der Waals surface area contributed by atoms with E-state index >= 15 is 0 Å². The molecule has 0 fully saturated rings. The molecule has 2 amide bonds. The van der Waals surface area contributed by atoms with Crippen LogP contribution in [0.2, 0.25) is 0 Å². The number of nitrogens with zero attached hydrogens (tertiary/aromatic N) is 3. The summed E-state index contributed by atoms with van der Waals surface area (Å²) in [5.74, 6) is -0.896. The van der Waals surface area contributed by atoms with E-state index in [1.165, 1.54) is 4.57 Å². The molecule has 3 heterocycles. The number of nitrogens with two attached hydrogens (primary N) is 1. The van der Waals surface area contributed by atoms with Crippen molar-refractivity contribution in [2.24, 2.45) is 5.73 Å². The molecular weight excluding hydrogens is 392 g/mol. The highest BCUT2D eigenvalue weighted by atomic mass is 16.2. The van der Waals surface area contributed by atoms with Crippen LogP contribution in [-0.4, -0.2) is 32.8 Å². The molecule has 0 atom stereocenters. The van der Waals surface area contributed by atoms with Gasteiger partial charge in [-0.15, -0.1) is 0 Å². The maximum absolute atomic E-state index is 12.9. The minimum Gasteiger partial charge on any atom is -0.365 e. The quantitative estimate of drug-likeness (QED) is 0.689. The van der Waals surface area contributed by atoms with E-state index in [-0.39, 0.29) is 17.0 Å². The highest BCUT2D eigenvalue weighted by Crippen LogP contribution is 2.22. The van der Waals surface area contributed by atoms with Crippen molar-refractivity contribution < 1.29 is 9.59 Å². The number of hydrogen-bond donors (Lipinski definition) is 1. The van der Waals surface area contributed by atoms with Gasteiger partial charge >= 0.3 is 0 Å². The van der Waals surface area contributed by atoms with Gasteiger partial charge in [-0.2, -0.15) is 0 Å². The molecule has 0 spiro atoms. The summed E-state index contributed by atoms with van der Waals surface area (Å²) in [6.45, 7) is 2.96. The zero-order valence-electron chi connectivity index (χ0n) is 17.4. The third kappa shape index (κ3) is 4.26. The standard InChI is InChI=1S/C24H24N4O3/c1-16-6-5-9-20(26-16)23(30)27-13-11-19-18(14-27)15-28(24(31)21(19)22(25)29)12-10-17-7-3-2-4-8-17/h2-9,15H,10-14H2,1H3,(H2,25,29). The Labute approximate surface area is 180 Å². The molecule has 0 unspecified atom stereocenters. The van der Waals surface area contributed by atoms with Crippen molar-refractivity contribution in [3.05, 3.63) is 98.7 Å². The van der Waals surface area contributed by atoms with Crippen LogP contribution in [0.3, 0.4) is 0 Å². The number of aromatic nitrogens is 2. The van der Waals surface area contributed by atoms with Crippen molar-refractivity contribution in [1.29, 1.82) is 0 Å². The van der Waals surface area contributed by atoms with Crippen molar-refractivity contribution in [2.75, 3.05) is 6.54 Å². The average molecular weight is 416 g/mol. The molecule has 0 aliphatic carbocycles. The second kappa shape index (κ2) is 8.55. The maximum Gasteiger partial charge on any atom is 0.272 e. The minimum absolute atomic E-state index is 0.0336. The van der Waals surface area contributed by atoms with E-state index in [0.29, 0.717) is 43.7 Å². The van der Waals surface area contributed by atoms with Gasteiger partial charge in [0.1, 0.15) is 11.3 Å². The second-order valence-electron chi connectivity index (χ2n) is 7.75. The summed E-state index contributed by atoms with van der Waals surface area (Å²) in [4.78, 5) is 44.0. The SMILES string of the molecule is Cc1cccc(C(=O)N2CCc3c(cn(CCc4ccccc4)c(=O)c3C(N)=O)C2)n1. The Kier molecular flexibility index (Phi) is 5.66. The summed E-state index contributed by atoms with van der Waals surface area (Å²) < 4.78 is 1.53. The predicted octanol–water partition coefficient (Wildman–Crippen LogP) is 2.09. The van der Waals surface area contributed by atoms with Gasteiger partial charge in [0.2, 0.25) is 0 Å². The molecule has 4 rings (SSSR count). The van der Waals surface area contributed by atoms with E-state index in [9.17, 15) is 14.4 Å². The molecule has 158 valence electrons. The highest BCUT2D eigenvalue weighted by Gasteiger charge is 2.28. The van der Waals surface area contributed by atoms with Crippen LogP contribution >= 0.6 is 0 Å². The summed E-state index contributed by atoms with van der Waals surface area (Å²) in [7, 11) is 0. The number of carbonyl (C=O) groups excluding carboxylic acids is 2. The highest BCUT2D eigenvalue weighted by molar-refractivity contribution is 5.95. The lowest BCUT2D eigenvalue weighted by Gasteiger charge is -2.30. The normalized spacial score (nSPS) is 13.0. The molecule has 7 heteroatoms. The van der Waals surface area contributed by atoms with Crippen molar-refractivity contribution >= 4 is 11.8 Å². The van der Waals surface area contributed by atoms with Gasteiger partial charge in [0.25, 0.3) is 17.4 Å². The van der Waals surface area contributed by atoms with Crippen LogP contribution in [-0.2, 0) is 25.9 Å². The van der Waals surface area contributed by atoms with E-state index in [1.54, 1.807) is 23.2 Å². The Balaban J connectivity index is 1.65. The van der Waals surface area contributed by atoms with Gasteiger partial charge in [0.05, 0.1) is 0 Å². The molecule has 0 radical (unpaired) electrons. The Morgan fingerprint density at radius 2 is 1.87 bits per heavy atom. The van der Waals surface area contributed by atoms with Gasteiger partial charge in [-0.1, -0.05) is 36.4 Å². The first-order chi connectivity index (χ1) is 14.9. The summed E-state index contributed by atoms with van der Waals surface area (Å²) in [6, 6.07) is 15.2. The van der Waals surface area contributed by atoms with Crippen molar-refractivity contribution in [1.82, 2.24) is 14.5 Å². The molecule has 1 aliphatic rings.